The second kappa shape index (κ2) is 5.54. The van der Waals surface area contributed by atoms with Crippen molar-refractivity contribution in [3.8, 4) is 0 Å². The van der Waals surface area contributed by atoms with E-state index in [2.05, 4.69) is 5.32 Å². The number of rotatable bonds is 4. The van der Waals surface area contributed by atoms with E-state index in [1.165, 1.54) is 6.07 Å². The Hall–Kier alpha value is -0.310. The molecule has 14 heavy (non-hydrogen) atoms. The van der Waals surface area contributed by atoms with Gasteiger partial charge in [-0.1, -0.05) is 23.7 Å². The van der Waals surface area contributed by atoms with Gasteiger partial charge in [-0.2, -0.15) is 0 Å². The zero-order chi connectivity index (χ0) is 10.6. The molecule has 1 atom stereocenters. The predicted octanol–water partition coefficient (Wildman–Crippen LogP) is 3.20. The second-order valence-corrected chi connectivity index (χ2v) is 4.25. The van der Waals surface area contributed by atoms with Gasteiger partial charge < -0.3 is 5.32 Å². The summed E-state index contributed by atoms with van der Waals surface area (Å²) in [5, 5.41) is 3.33. The molecular weight excluding hydrogens is 224 g/mol. The number of nitrogens with one attached hydrogen (secondary N) is 1. The fraction of sp³-hybridized carbons (Fsp3) is 0.400. The minimum absolute atomic E-state index is 0.0577. The maximum absolute atomic E-state index is 13.0. The van der Waals surface area contributed by atoms with Gasteiger partial charge in [0.1, 0.15) is 5.82 Å². The highest BCUT2D eigenvalue weighted by Gasteiger charge is 2.05. The van der Waals surface area contributed by atoms with Crippen molar-refractivity contribution in [2.45, 2.75) is 18.8 Å². The van der Waals surface area contributed by atoms with Crippen LogP contribution < -0.4 is 5.32 Å². The van der Waals surface area contributed by atoms with E-state index in [0.29, 0.717) is 13.1 Å². The topological polar surface area (TPSA) is 12.0 Å². The van der Waals surface area contributed by atoms with Gasteiger partial charge in [-0.25, -0.2) is 4.39 Å². The van der Waals surface area contributed by atoms with Crippen LogP contribution in [0.25, 0.3) is 0 Å². The second-order valence-electron chi connectivity index (χ2n) is 3.12. The first-order chi connectivity index (χ1) is 6.61. The third-order valence-electron chi connectivity index (χ3n) is 1.77. The molecular formula is C10H12Cl2FN. The number of hydrogen-bond acceptors (Lipinski definition) is 1. The lowest BCUT2D eigenvalue weighted by molar-refractivity contribution is 0.620. The van der Waals surface area contributed by atoms with Crippen molar-refractivity contribution in [2.75, 3.05) is 6.54 Å². The number of halogens is 3. The predicted molar refractivity (Wildman–Crippen MR) is 58.4 cm³/mol. The zero-order valence-corrected chi connectivity index (χ0v) is 9.37. The molecule has 0 spiro atoms. The zero-order valence-electron chi connectivity index (χ0n) is 7.86. The quantitative estimate of drug-likeness (QED) is 0.791. The van der Waals surface area contributed by atoms with E-state index in [1.54, 1.807) is 12.1 Å². The SMILES string of the molecule is CC(Cl)CNCc1cccc(F)c1Cl. The summed E-state index contributed by atoms with van der Waals surface area (Å²) >= 11 is 11.5. The molecule has 1 nitrogen and oxygen atoms in total. The molecule has 0 radical (unpaired) electrons. The Morgan fingerprint density at radius 2 is 2.21 bits per heavy atom. The maximum Gasteiger partial charge on any atom is 0.142 e. The first kappa shape index (κ1) is 11.8. The first-order valence-corrected chi connectivity index (χ1v) is 5.20. The largest absolute Gasteiger partial charge is 0.311 e. The molecule has 1 N–H and O–H groups in total. The average molecular weight is 236 g/mol. The van der Waals surface area contributed by atoms with Crippen molar-refractivity contribution < 1.29 is 4.39 Å². The van der Waals surface area contributed by atoms with Crippen molar-refractivity contribution in [3.05, 3.63) is 34.6 Å². The van der Waals surface area contributed by atoms with Gasteiger partial charge in [0.2, 0.25) is 0 Å². The van der Waals surface area contributed by atoms with E-state index in [4.69, 9.17) is 23.2 Å². The van der Waals surface area contributed by atoms with Gasteiger partial charge in [0.25, 0.3) is 0 Å². The molecule has 0 amide bonds. The fourth-order valence-corrected chi connectivity index (χ4v) is 1.39. The Bertz CT molecular complexity index is 302. The summed E-state index contributed by atoms with van der Waals surface area (Å²) in [7, 11) is 0. The Morgan fingerprint density at radius 3 is 2.86 bits per heavy atom. The first-order valence-electron chi connectivity index (χ1n) is 4.39. The van der Waals surface area contributed by atoms with E-state index < -0.39 is 0 Å². The minimum Gasteiger partial charge on any atom is -0.311 e. The van der Waals surface area contributed by atoms with Crippen molar-refractivity contribution >= 4 is 23.2 Å². The van der Waals surface area contributed by atoms with Crippen LogP contribution in [0.15, 0.2) is 18.2 Å². The van der Waals surface area contributed by atoms with E-state index >= 15 is 0 Å². The summed E-state index contributed by atoms with van der Waals surface area (Å²) < 4.78 is 13.0. The Morgan fingerprint density at radius 1 is 1.50 bits per heavy atom. The minimum atomic E-state index is -0.384. The molecule has 0 aromatic heterocycles. The highest BCUT2D eigenvalue weighted by molar-refractivity contribution is 6.31. The van der Waals surface area contributed by atoms with Crippen molar-refractivity contribution in [1.29, 1.82) is 0 Å². The van der Waals surface area contributed by atoms with E-state index in [0.717, 1.165) is 5.56 Å². The van der Waals surface area contributed by atoms with Crippen LogP contribution in [0.4, 0.5) is 4.39 Å². The molecule has 1 aromatic carbocycles. The molecule has 0 saturated carbocycles. The summed E-state index contributed by atoms with van der Waals surface area (Å²) in [6, 6.07) is 4.77. The highest BCUT2D eigenvalue weighted by Crippen LogP contribution is 2.19. The van der Waals surface area contributed by atoms with Gasteiger partial charge in [-0.15, -0.1) is 11.6 Å². The molecule has 1 rings (SSSR count). The van der Waals surface area contributed by atoms with Crippen LogP contribution in [0, 0.1) is 5.82 Å². The number of alkyl halides is 1. The van der Waals surface area contributed by atoms with Crippen molar-refractivity contribution in [2.24, 2.45) is 0 Å². The molecule has 78 valence electrons. The Kier molecular flexibility index (Phi) is 4.66. The molecule has 0 aliphatic carbocycles. The molecule has 0 aliphatic rings. The van der Waals surface area contributed by atoms with Gasteiger partial charge in [-0.3, -0.25) is 0 Å². The number of benzene rings is 1. The van der Waals surface area contributed by atoms with Crippen LogP contribution in [-0.4, -0.2) is 11.9 Å². The maximum atomic E-state index is 13.0. The van der Waals surface area contributed by atoms with Crippen LogP contribution in [-0.2, 0) is 6.54 Å². The van der Waals surface area contributed by atoms with E-state index in [1.807, 2.05) is 6.92 Å². The molecule has 1 unspecified atom stereocenters. The molecule has 0 bridgehead atoms. The lowest BCUT2D eigenvalue weighted by Crippen LogP contribution is -2.21. The van der Waals surface area contributed by atoms with Crippen LogP contribution in [0.5, 0.6) is 0 Å². The van der Waals surface area contributed by atoms with Gasteiger partial charge in [0, 0.05) is 18.5 Å². The van der Waals surface area contributed by atoms with E-state index in [-0.39, 0.29) is 16.2 Å². The molecule has 0 heterocycles. The monoisotopic (exact) mass is 235 g/mol. The Balaban J connectivity index is 2.54. The normalized spacial score (nSPS) is 12.9. The molecule has 4 heteroatoms. The van der Waals surface area contributed by atoms with Gasteiger partial charge in [0.05, 0.1) is 5.02 Å². The summed E-state index contributed by atoms with van der Waals surface area (Å²) in [5.41, 5.74) is 0.754. The third kappa shape index (κ3) is 3.45. The molecule has 0 aliphatic heterocycles. The smallest absolute Gasteiger partial charge is 0.142 e. The highest BCUT2D eigenvalue weighted by atomic mass is 35.5. The fourth-order valence-electron chi connectivity index (χ4n) is 1.09. The van der Waals surface area contributed by atoms with Crippen LogP contribution in [0.1, 0.15) is 12.5 Å². The Labute approximate surface area is 93.2 Å². The van der Waals surface area contributed by atoms with E-state index in [9.17, 15) is 4.39 Å². The number of hydrogen-bond donors (Lipinski definition) is 1. The lowest BCUT2D eigenvalue weighted by Gasteiger charge is -2.07. The molecule has 0 fully saturated rings. The summed E-state index contributed by atoms with van der Waals surface area (Å²) in [6.07, 6.45) is 0. The van der Waals surface area contributed by atoms with Gasteiger partial charge in [-0.05, 0) is 18.6 Å². The van der Waals surface area contributed by atoms with Gasteiger partial charge >= 0.3 is 0 Å². The third-order valence-corrected chi connectivity index (χ3v) is 2.35. The summed E-state index contributed by atoms with van der Waals surface area (Å²) in [6.45, 7) is 3.10. The van der Waals surface area contributed by atoms with Crippen molar-refractivity contribution in [3.63, 3.8) is 0 Å². The van der Waals surface area contributed by atoms with Crippen LogP contribution in [0.2, 0.25) is 5.02 Å². The van der Waals surface area contributed by atoms with Crippen molar-refractivity contribution in [1.82, 2.24) is 5.32 Å². The standard InChI is InChI=1S/C10H12Cl2FN/c1-7(11)5-14-6-8-3-2-4-9(13)10(8)12/h2-4,7,14H,5-6H2,1H3. The van der Waals surface area contributed by atoms with Crippen LogP contribution in [0.3, 0.4) is 0 Å². The van der Waals surface area contributed by atoms with Crippen LogP contribution >= 0.6 is 23.2 Å². The molecule has 0 saturated heterocycles. The summed E-state index contributed by atoms with van der Waals surface area (Å²) in [5.74, 6) is -0.384. The lowest BCUT2D eigenvalue weighted by atomic mass is 10.2. The summed E-state index contributed by atoms with van der Waals surface area (Å²) in [4.78, 5) is 0. The average Bonchev–Trinajstić information content (AvgIpc) is 2.12. The van der Waals surface area contributed by atoms with Gasteiger partial charge in [0.15, 0.2) is 0 Å². The molecule has 1 aromatic rings.